The fourth-order valence-corrected chi connectivity index (χ4v) is 4.47. The average Bonchev–Trinajstić information content (AvgIpc) is 2.83. The molecule has 0 spiro atoms. The van der Waals surface area contributed by atoms with Gasteiger partial charge in [0.1, 0.15) is 23.9 Å². The second kappa shape index (κ2) is 10.8. The lowest BCUT2D eigenvalue weighted by atomic mass is 10.2. The first-order valence-electron chi connectivity index (χ1n) is 10.1. The molecule has 0 fully saturated rings. The molecule has 1 N–H and O–H groups in total. The van der Waals surface area contributed by atoms with Crippen LogP contribution in [0.5, 0.6) is 11.5 Å². The number of hydrogen-bond donors (Lipinski definition) is 1. The van der Waals surface area contributed by atoms with Crippen molar-refractivity contribution in [2.75, 3.05) is 25.1 Å². The van der Waals surface area contributed by atoms with E-state index in [-0.39, 0.29) is 21.9 Å². The smallest absolute Gasteiger partial charge is 0.264 e. The van der Waals surface area contributed by atoms with Gasteiger partial charge < -0.3 is 9.47 Å². The number of hydrazone groups is 1. The molecule has 0 aliphatic rings. The van der Waals surface area contributed by atoms with Gasteiger partial charge in [0.15, 0.2) is 0 Å². The number of ether oxygens (including phenoxy) is 2. The summed E-state index contributed by atoms with van der Waals surface area (Å²) in [5.74, 6) is -0.657. The molecule has 0 aromatic heterocycles. The number of aryl methyl sites for hydroxylation is 1. The third-order valence-electron chi connectivity index (χ3n) is 4.85. The van der Waals surface area contributed by atoms with E-state index in [2.05, 4.69) is 10.5 Å². The number of sulfonamides is 1. The second-order valence-corrected chi connectivity index (χ2v) is 9.04. The highest BCUT2D eigenvalue weighted by Crippen LogP contribution is 2.35. The minimum absolute atomic E-state index is 0.00868. The number of nitrogens with zero attached hydrogens (tertiary/aromatic N) is 2. The number of methoxy groups -OCH3 is 2. The van der Waals surface area contributed by atoms with E-state index in [1.165, 1.54) is 50.6 Å². The molecule has 0 saturated heterocycles. The van der Waals surface area contributed by atoms with E-state index in [4.69, 9.17) is 9.47 Å². The Bertz CT molecular complexity index is 1290. The highest BCUT2D eigenvalue weighted by atomic mass is 32.2. The van der Waals surface area contributed by atoms with E-state index in [0.29, 0.717) is 5.75 Å². The van der Waals surface area contributed by atoms with Crippen molar-refractivity contribution >= 4 is 27.8 Å². The lowest BCUT2D eigenvalue weighted by Gasteiger charge is -2.25. The van der Waals surface area contributed by atoms with E-state index in [9.17, 15) is 17.6 Å². The molecule has 0 radical (unpaired) electrons. The van der Waals surface area contributed by atoms with Crippen LogP contribution >= 0.6 is 0 Å². The molecule has 0 unspecified atom stereocenters. The van der Waals surface area contributed by atoms with Crippen LogP contribution in [0, 0.1) is 12.7 Å². The summed E-state index contributed by atoms with van der Waals surface area (Å²) in [6, 6.07) is 16.7. The molecule has 0 atom stereocenters. The Kier molecular flexibility index (Phi) is 7.85. The van der Waals surface area contributed by atoms with Gasteiger partial charge in [0.25, 0.3) is 15.9 Å². The number of rotatable bonds is 9. The van der Waals surface area contributed by atoms with Crippen molar-refractivity contribution in [1.29, 1.82) is 0 Å². The monoisotopic (exact) mass is 485 g/mol. The summed E-state index contributed by atoms with van der Waals surface area (Å²) in [7, 11) is -1.35. The van der Waals surface area contributed by atoms with E-state index < -0.39 is 28.3 Å². The van der Waals surface area contributed by atoms with Gasteiger partial charge in [-0.05, 0) is 37.3 Å². The maximum atomic E-state index is 13.8. The maximum Gasteiger partial charge on any atom is 0.264 e. The fourth-order valence-electron chi connectivity index (χ4n) is 3.05. The zero-order chi connectivity index (χ0) is 24.7. The fraction of sp³-hybridized carbons (Fsp3) is 0.167. The first-order valence-corrected chi connectivity index (χ1v) is 11.6. The quantitative estimate of drug-likeness (QED) is 0.370. The summed E-state index contributed by atoms with van der Waals surface area (Å²) >= 11 is 0. The molecule has 3 rings (SSSR count). The van der Waals surface area contributed by atoms with Crippen molar-refractivity contribution in [2.24, 2.45) is 5.10 Å². The van der Waals surface area contributed by atoms with Crippen LogP contribution in [0.2, 0.25) is 0 Å². The van der Waals surface area contributed by atoms with E-state index in [0.717, 1.165) is 16.1 Å². The standard InChI is InChI=1S/C24H24FN3O5S/c1-17-8-11-20(12-9-17)34(30,31)28(22-14-19(32-2)10-13-23(22)33-3)16-24(29)27-26-15-18-6-4-5-7-21(18)25/h4-15H,16H2,1-3H3,(H,27,29)/b26-15-. The highest BCUT2D eigenvalue weighted by molar-refractivity contribution is 7.92. The SMILES string of the molecule is COc1ccc(OC)c(N(CC(=O)N/N=C\c2ccccc2F)S(=O)(=O)c2ccc(C)cc2)c1. The van der Waals surface area contributed by atoms with Crippen molar-refractivity contribution in [3.63, 3.8) is 0 Å². The number of anilines is 1. The van der Waals surface area contributed by atoms with Crippen LogP contribution in [-0.4, -0.2) is 41.3 Å². The second-order valence-electron chi connectivity index (χ2n) is 7.18. The van der Waals surface area contributed by atoms with Crippen LogP contribution in [0.4, 0.5) is 10.1 Å². The van der Waals surface area contributed by atoms with Gasteiger partial charge in [0, 0.05) is 11.6 Å². The maximum absolute atomic E-state index is 13.8. The third-order valence-corrected chi connectivity index (χ3v) is 6.62. The molecule has 10 heteroatoms. The van der Waals surface area contributed by atoms with Crippen molar-refractivity contribution in [1.82, 2.24) is 5.43 Å². The van der Waals surface area contributed by atoms with Gasteiger partial charge in [-0.15, -0.1) is 0 Å². The van der Waals surface area contributed by atoms with Gasteiger partial charge in [-0.1, -0.05) is 35.9 Å². The van der Waals surface area contributed by atoms with E-state index in [1.54, 1.807) is 30.3 Å². The summed E-state index contributed by atoms with van der Waals surface area (Å²) < 4.78 is 52.3. The molecule has 3 aromatic rings. The van der Waals surface area contributed by atoms with E-state index >= 15 is 0 Å². The summed E-state index contributed by atoms with van der Waals surface area (Å²) in [5, 5.41) is 3.75. The summed E-state index contributed by atoms with van der Waals surface area (Å²) in [5.41, 5.74) is 3.40. The molecule has 0 aliphatic heterocycles. The molecule has 1 amide bonds. The molecule has 8 nitrogen and oxygen atoms in total. The summed E-state index contributed by atoms with van der Waals surface area (Å²) in [4.78, 5) is 12.7. The number of hydrogen-bond acceptors (Lipinski definition) is 6. The Balaban J connectivity index is 1.96. The third kappa shape index (κ3) is 5.70. The van der Waals surface area contributed by atoms with Gasteiger partial charge in [0.2, 0.25) is 0 Å². The molecule has 34 heavy (non-hydrogen) atoms. The molecule has 178 valence electrons. The highest BCUT2D eigenvalue weighted by Gasteiger charge is 2.30. The van der Waals surface area contributed by atoms with Crippen LogP contribution < -0.4 is 19.2 Å². The van der Waals surface area contributed by atoms with Crippen LogP contribution in [0.15, 0.2) is 76.7 Å². The van der Waals surface area contributed by atoms with Gasteiger partial charge in [-0.2, -0.15) is 5.10 Å². The largest absolute Gasteiger partial charge is 0.497 e. The molecule has 0 saturated carbocycles. The number of benzene rings is 3. The zero-order valence-electron chi connectivity index (χ0n) is 18.9. The van der Waals surface area contributed by atoms with Gasteiger partial charge in [0.05, 0.1) is 31.0 Å². The average molecular weight is 486 g/mol. The Labute approximate surface area is 197 Å². The number of nitrogens with one attached hydrogen (secondary N) is 1. The minimum Gasteiger partial charge on any atom is -0.497 e. The van der Waals surface area contributed by atoms with Crippen molar-refractivity contribution in [2.45, 2.75) is 11.8 Å². The van der Waals surface area contributed by atoms with Crippen LogP contribution in [0.25, 0.3) is 0 Å². The molecule has 3 aromatic carbocycles. The first-order chi connectivity index (χ1) is 16.3. The molecular weight excluding hydrogens is 461 g/mol. The predicted molar refractivity (Wildman–Crippen MR) is 127 cm³/mol. The lowest BCUT2D eigenvalue weighted by Crippen LogP contribution is -2.39. The Hall–Kier alpha value is -3.92. The summed E-state index contributed by atoms with van der Waals surface area (Å²) in [6.07, 6.45) is 1.14. The minimum atomic E-state index is -4.18. The van der Waals surface area contributed by atoms with Crippen molar-refractivity contribution in [3.8, 4) is 11.5 Å². The normalized spacial score (nSPS) is 11.3. The van der Waals surface area contributed by atoms with E-state index in [1.807, 2.05) is 6.92 Å². The van der Waals surface area contributed by atoms with Gasteiger partial charge >= 0.3 is 0 Å². The van der Waals surface area contributed by atoms with Crippen LogP contribution in [-0.2, 0) is 14.8 Å². The van der Waals surface area contributed by atoms with Gasteiger partial charge in [-0.3, -0.25) is 9.10 Å². The predicted octanol–water partition coefficient (Wildman–Crippen LogP) is 3.50. The Morgan fingerprint density at radius 1 is 1.06 bits per heavy atom. The molecule has 0 aliphatic carbocycles. The summed E-state index contributed by atoms with van der Waals surface area (Å²) in [6.45, 7) is 1.22. The topological polar surface area (TPSA) is 97.3 Å². The Morgan fingerprint density at radius 3 is 2.41 bits per heavy atom. The first kappa shape index (κ1) is 24.7. The van der Waals surface area contributed by atoms with Crippen LogP contribution in [0.3, 0.4) is 0 Å². The number of carbonyl (C=O) groups excluding carboxylic acids is 1. The Morgan fingerprint density at radius 2 is 1.76 bits per heavy atom. The molecule has 0 bridgehead atoms. The number of halogens is 1. The van der Waals surface area contributed by atoms with Gasteiger partial charge in [-0.25, -0.2) is 18.2 Å². The molecular formula is C24H24FN3O5S. The van der Waals surface area contributed by atoms with Crippen LogP contribution in [0.1, 0.15) is 11.1 Å². The lowest BCUT2D eigenvalue weighted by molar-refractivity contribution is -0.119. The zero-order valence-corrected chi connectivity index (χ0v) is 19.7. The molecule has 0 heterocycles. The van der Waals surface area contributed by atoms with Crippen molar-refractivity contribution < 1.29 is 27.1 Å². The van der Waals surface area contributed by atoms with Crippen molar-refractivity contribution in [3.05, 3.63) is 83.7 Å². The number of amides is 1. The number of carbonyl (C=O) groups is 1.